The Kier molecular flexibility index (Phi) is 3.93. The molecule has 0 bridgehead atoms. The molecular formula is C12H21N3O. The average Bonchev–Trinajstić information content (AvgIpc) is 2.79. The molecule has 1 aromatic heterocycles. The number of hydrogen-bond acceptors (Lipinski definition) is 4. The molecule has 2 atom stereocenters. The molecule has 2 rings (SSSR count). The number of aromatic nitrogens is 2. The maximum absolute atomic E-state index is 5.37. The molecule has 1 heterocycles. The van der Waals surface area contributed by atoms with Crippen LogP contribution in [-0.4, -0.2) is 22.7 Å². The highest BCUT2D eigenvalue weighted by molar-refractivity contribution is 5.01. The summed E-state index contributed by atoms with van der Waals surface area (Å²) in [5.74, 6) is 2.08. The molecule has 0 aromatic carbocycles. The van der Waals surface area contributed by atoms with E-state index in [0.717, 1.165) is 24.7 Å². The summed E-state index contributed by atoms with van der Waals surface area (Å²) in [6, 6.07) is 0.518. The van der Waals surface area contributed by atoms with Crippen LogP contribution >= 0.6 is 0 Å². The number of nitrogens with one attached hydrogen (secondary N) is 1. The minimum Gasteiger partial charge on any atom is -0.339 e. The molecule has 90 valence electrons. The number of hydrogen-bond donors (Lipinski definition) is 1. The first-order valence-corrected chi connectivity index (χ1v) is 6.41. The first-order valence-electron chi connectivity index (χ1n) is 6.41. The van der Waals surface area contributed by atoms with E-state index in [4.69, 9.17) is 4.52 Å². The van der Waals surface area contributed by atoms with Crippen molar-refractivity contribution in [1.82, 2.24) is 15.5 Å². The van der Waals surface area contributed by atoms with E-state index in [2.05, 4.69) is 29.3 Å². The Morgan fingerprint density at radius 3 is 2.81 bits per heavy atom. The van der Waals surface area contributed by atoms with Gasteiger partial charge in [-0.3, -0.25) is 0 Å². The van der Waals surface area contributed by atoms with Crippen LogP contribution in [-0.2, 0) is 6.42 Å². The van der Waals surface area contributed by atoms with E-state index in [1.807, 2.05) is 0 Å². The molecule has 16 heavy (non-hydrogen) atoms. The highest BCUT2D eigenvalue weighted by atomic mass is 16.5. The molecule has 0 saturated heterocycles. The van der Waals surface area contributed by atoms with Crippen molar-refractivity contribution < 1.29 is 4.52 Å². The maximum Gasteiger partial charge on any atom is 0.231 e. The molecule has 1 aliphatic carbocycles. The highest BCUT2D eigenvalue weighted by Gasteiger charge is 2.29. The van der Waals surface area contributed by atoms with E-state index in [1.54, 1.807) is 0 Å². The zero-order valence-corrected chi connectivity index (χ0v) is 10.2. The molecule has 1 saturated carbocycles. The van der Waals surface area contributed by atoms with E-state index in [-0.39, 0.29) is 0 Å². The molecule has 1 aromatic rings. The Hall–Kier alpha value is -0.900. The number of aryl methyl sites for hydroxylation is 1. The van der Waals surface area contributed by atoms with Crippen molar-refractivity contribution in [2.45, 2.75) is 57.9 Å². The van der Waals surface area contributed by atoms with Crippen LogP contribution in [0.15, 0.2) is 4.52 Å². The summed E-state index contributed by atoms with van der Waals surface area (Å²) in [5.41, 5.74) is 0. The summed E-state index contributed by atoms with van der Waals surface area (Å²) in [5, 5.41) is 7.52. The molecule has 4 nitrogen and oxygen atoms in total. The second kappa shape index (κ2) is 5.43. The fourth-order valence-electron chi connectivity index (χ4n) is 2.49. The van der Waals surface area contributed by atoms with Crippen molar-refractivity contribution in [1.29, 1.82) is 0 Å². The van der Waals surface area contributed by atoms with Gasteiger partial charge in [-0.2, -0.15) is 4.98 Å². The Morgan fingerprint density at radius 2 is 2.12 bits per heavy atom. The number of likely N-dealkylation sites (N-methyl/N-ethyl adjacent to an activating group) is 1. The van der Waals surface area contributed by atoms with Gasteiger partial charge < -0.3 is 9.84 Å². The highest BCUT2D eigenvalue weighted by Crippen LogP contribution is 2.32. The fraction of sp³-hybridized carbons (Fsp3) is 0.833. The van der Waals surface area contributed by atoms with Gasteiger partial charge in [0.15, 0.2) is 5.82 Å². The summed E-state index contributed by atoms with van der Waals surface area (Å²) < 4.78 is 5.37. The Balaban J connectivity index is 2.09. The summed E-state index contributed by atoms with van der Waals surface area (Å²) in [4.78, 5) is 4.47. The van der Waals surface area contributed by atoms with E-state index in [1.165, 1.54) is 25.7 Å². The molecule has 1 fully saturated rings. The second-order valence-electron chi connectivity index (χ2n) is 4.46. The molecule has 2 unspecified atom stereocenters. The van der Waals surface area contributed by atoms with Gasteiger partial charge in [0.05, 0.1) is 5.92 Å². The first-order chi connectivity index (χ1) is 7.85. The van der Waals surface area contributed by atoms with Crippen molar-refractivity contribution in [3.8, 4) is 0 Å². The lowest BCUT2D eigenvalue weighted by Crippen LogP contribution is -2.37. The van der Waals surface area contributed by atoms with Gasteiger partial charge in [-0.1, -0.05) is 31.8 Å². The third-order valence-electron chi connectivity index (χ3n) is 3.35. The van der Waals surface area contributed by atoms with Gasteiger partial charge in [0.25, 0.3) is 0 Å². The Morgan fingerprint density at radius 1 is 1.31 bits per heavy atom. The van der Waals surface area contributed by atoms with Crippen molar-refractivity contribution in [2.75, 3.05) is 6.54 Å². The van der Waals surface area contributed by atoms with Gasteiger partial charge in [0.2, 0.25) is 5.89 Å². The zero-order chi connectivity index (χ0) is 11.4. The van der Waals surface area contributed by atoms with E-state index in [0.29, 0.717) is 12.0 Å². The maximum atomic E-state index is 5.37. The molecule has 1 aliphatic rings. The zero-order valence-electron chi connectivity index (χ0n) is 10.2. The summed E-state index contributed by atoms with van der Waals surface area (Å²) in [6.45, 7) is 5.21. The van der Waals surface area contributed by atoms with Gasteiger partial charge in [-0.15, -0.1) is 0 Å². The predicted octanol–water partition coefficient (Wildman–Crippen LogP) is 2.27. The largest absolute Gasteiger partial charge is 0.339 e. The normalized spacial score (nSPS) is 25.9. The van der Waals surface area contributed by atoms with Gasteiger partial charge >= 0.3 is 0 Å². The number of rotatable bonds is 4. The van der Waals surface area contributed by atoms with Crippen molar-refractivity contribution in [3.05, 3.63) is 11.7 Å². The topological polar surface area (TPSA) is 51.0 Å². The Bertz CT molecular complexity index is 322. The van der Waals surface area contributed by atoms with E-state index >= 15 is 0 Å². The lowest BCUT2D eigenvalue weighted by molar-refractivity contribution is 0.264. The second-order valence-corrected chi connectivity index (χ2v) is 4.46. The van der Waals surface area contributed by atoms with Gasteiger partial charge in [-0.05, 0) is 19.4 Å². The molecule has 0 amide bonds. The average molecular weight is 223 g/mol. The minimum absolute atomic E-state index is 0.418. The van der Waals surface area contributed by atoms with Crippen LogP contribution in [0.5, 0.6) is 0 Å². The van der Waals surface area contributed by atoms with Crippen LogP contribution in [0.4, 0.5) is 0 Å². The monoisotopic (exact) mass is 223 g/mol. The number of nitrogens with zero attached hydrogens (tertiary/aromatic N) is 2. The lowest BCUT2D eigenvalue weighted by atomic mass is 9.84. The standard InChI is InChI=1S/C12H21N3O/c1-3-11-14-12(16-15-11)9-7-5-6-8-10(9)13-4-2/h9-10,13H,3-8H2,1-2H3. The predicted molar refractivity (Wildman–Crippen MR) is 62.3 cm³/mol. The third-order valence-corrected chi connectivity index (χ3v) is 3.35. The molecule has 4 heteroatoms. The van der Waals surface area contributed by atoms with Gasteiger partial charge in [-0.25, -0.2) is 0 Å². The summed E-state index contributed by atoms with van der Waals surface area (Å²) in [6.07, 6.45) is 5.83. The molecular weight excluding hydrogens is 202 g/mol. The van der Waals surface area contributed by atoms with Crippen molar-refractivity contribution >= 4 is 0 Å². The van der Waals surface area contributed by atoms with Crippen LogP contribution in [0, 0.1) is 0 Å². The van der Waals surface area contributed by atoms with Crippen molar-refractivity contribution in [3.63, 3.8) is 0 Å². The van der Waals surface area contributed by atoms with Crippen LogP contribution in [0.2, 0.25) is 0 Å². The fourth-order valence-corrected chi connectivity index (χ4v) is 2.49. The minimum atomic E-state index is 0.418. The van der Waals surface area contributed by atoms with Crippen LogP contribution in [0.1, 0.15) is 57.2 Å². The Labute approximate surface area is 96.8 Å². The van der Waals surface area contributed by atoms with E-state index < -0.39 is 0 Å². The summed E-state index contributed by atoms with van der Waals surface area (Å²) in [7, 11) is 0. The van der Waals surface area contributed by atoms with Gasteiger partial charge in [0, 0.05) is 12.5 Å². The van der Waals surface area contributed by atoms with Gasteiger partial charge in [0.1, 0.15) is 0 Å². The van der Waals surface area contributed by atoms with Crippen LogP contribution in [0.3, 0.4) is 0 Å². The van der Waals surface area contributed by atoms with Crippen molar-refractivity contribution in [2.24, 2.45) is 0 Å². The molecule has 0 radical (unpaired) electrons. The SMILES string of the molecule is CCNC1CCCCC1c1nc(CC)no1. The third kappa shape index (κ3) is 2.43. The molecule has 0 spiro atoms. The first kappa shape index (κ1) is 11.6. The molecule has 1 N–H and O–H groups in total. The van der Waals surface area contributed by atoms with Crippen LogP contribution < -0.4 is 5.32 Å². The smallest absolute Gasteiger partial charge is 0.231 e. The van der Waals surface area contributed by atoms with Crippen LogP contribution in [0.25, 0.3) is 0 Å². The molecule has 0 aliphatic heterocycles. The quantitative estimate of drug-likeness (QED) is 0.850. The van der Waals surface area contributed by atoms with E-state index in [9.17, 15) is 0 Å². The summed E-state index contributed by atoms with van der Waals surface area (Å²) >= 11 is 0. The lowest BCUT2D eigenvalue weighted by Gasteiger charge is -2.29.